The number of fused-ring (bicyclic) bond motifs is 2. The van der Waals surface area contributed by atoms with Gasteiger partial charge in [-0.05, 0) is 37.9 Å². The van der Waals surface area contributed by atoms with Crippen molar-refractivity contribution in [1.82, 2.24) is 10.2 Å². The first-order chi connectivity index (χ1) is 9.29. The minimum atomic E-state index is 0.212. The monoisotopic (exact) mass is 280 g/mol. The van der Waals surface area contributed by atoms with Gasteiger partial charge < -0.3 is 15.0 Å². The number of carbonyl (C=O) groups is 1. The molecule has 4 nitrogen and oxygen atoms in total. The fourth-order valence-electron chi connectivity index (χ4n) is 3.15. The number of hydrogen-bond donors (Lipinski definition) is 1. The van der Waals surface area contributed by atoms with Gasteiger partial charge in [0.1, 0.15) is 0 Å². The van der Waals surface area contributed by atoms with E-state index >= 15 is 0 Å². The van der Waals surface area contributed by atoms with Gasteiger partial charge in [-0.1, -0.05) is 0 Å². The van der Waals surface area contributed by atoms with Crippen LogP contribution in [-0.4, -0.2) is 43.1 Å². The van der Waals surface area contributed by atoms with Crippen molar-refractivity contribution in [2.45, 2.75) is 38.0 Å². The Labute approximate surface area is 117 Å². The van der Waals surface area contributed by atoms with E-state index in [1.807, 2.05) is 12.1 Å². The topological polar surface area (TPSA) is 41.6 Å². The molecular formula is C14H20N2O2S. The summed E-state index contributed by atoms with van der Waals surface area (Å²) < 4.78 is 5.12. The van der Waals surface area contributed by atoms with Crippen LogP contribution in [0.25, 0.3) is 0 Å². The summed E-state index contributed by atoms with van der Waals surface area (Å²) in [7, 11) is 1.68. The van der Waals surface area contributed by atoms with Crippen LogP contribution in [0.3, 0.4) is 0 Å². The molecule has 2 aliphatic rings. The molecule has 1 aromatic heterocycles. The number of amides is 1. The van der Waals surface area contributed by atoms with Crippen LogP contribution >= 0.6 is 11.3 Å². The van der Waals surface area contributed by atoms with Gasteiger partial charge >= 0.3 is 0 Å². The summed E-state index contributed by atoms with van der Waals surface area (Å²) in [5.41, 5.74) is 0. The third kappa shape index (κ3) is 2.55. The Balaban J connectivity index is 1.78. The summed E-state index contributed by atoms with van der Waals surface area (Å²) in [6.45, 7) is 2.56. The van der Waals surface area contributed by atoms with E-state index in [4.69, 9.17) is 4.74 Å². The molecule has 5 heteroatoms. The third-order valence-electron chi connectivity index (χ3n) is 4.05. The minimum absolute atomic E-state index is 0.212. The summed E-state index contributed by atoms with van der Waals surface area (Å²) >= 11 is 1.56. The van der Waals surface area contributed by atoms with E-state index in [-0.39, 0.29) is 5.91 Å². The molecule has 2 saturated heterocycles. The van der Waals surface area contributed by atoms with Crippen molar-refractivity contribution < 1.29 is 9.53 Å². The molecule has 0 spiro atoms. The lowest BCUT2D eigenvalue weighted by Crippen LogP contribution is -2.42. The van der Waals surface area contributed by atoms with Gasteiger partial charge in [0.25, 0.3) is 5.91 Å². The quantitative estimate of drug-likeness (QED) is 0.919. The summed E-state index contributed by atoms with van der Waals surface area (Å²) in [5, 5.41) is 3.43. The molecule has 2 aliphatic heterocycles. The Morgan fingerprint density at radius 3 is 3.11 bits per heavy atom. The van der Waals surface area contributed by atoms with E-state index < -0.39 is 0 Å². The largest absolute Gasteiger partial charge is 0.379 e. The van der Waals surface area contributed by atoms with Gasteiger partial charge in [-0.25, -0.2) is 0 Å². The van der Waals surface area contributed by atoms with Crippen molar-refractivity contribution in [3.63, 3.8) is 0 Å². The Kier molecular flexibility index (Phi) is 3.86. The fraction of sp³-hybridized carbons (Fsp3) is 0.643. The number of carbonyl (C=O) groups excluding carboxylic acids is 1. The Morgan fingerprint density at radius 1 is 1.42 bits per heavy atom. The molecule has 104 valence electrons. The SMILES string of the molecule is COCc1ccc(C(=O)N2[C@@H]3CCNC[C@H]2CC3)s1. The summed E-state index contributed by atoms with van der Waals surface area (Å²) in [6.07, 6.45) is 3.38. The van der Waals surface area contributed by atoms with Crippen molar-refractivity contribution in [2.75, 3.05) is 20.2 Å². The van der Waals surface area contributed by atoms with Crippen LogP contribution in [0.2, 0.25) is 0 Å². The number of rotatable bonds is 3. The average molecular weight is 280 g/mol. The number of thiophene rings is 1. The van der Waals surface area contributed by atoms with E-state index in [1.165, 1.54) is 0 Å². The van der Waals surface area contributed by atoms with E-state index in [2.05, 4.69) is 10.2 Å². The second-order valence-electron chi connectivity index (χ2n) is 5.29. The highest BCUT2D eigenvalue weighted by Gasteiger charge is 2.38. The van der Waals surface area contributed by atoms with Gasteiger partial charge in [-0.2, -0.15) is 0 Å². The standard InChI is InChI=1S/C14H20N2O2S/c1-18-9-12-4-5-13(19-12)14(17)16-10-2-3-11(16)8-15-7-6-10/h4-5,10-11,15H,2-3,6-9H2,1H3/t10-,11+/m0/s1. The van der Waals surface area contributed by atoms with Crippen LogP contribution < -0.4 is 5.32 Å². The molecule has 1 aromatic rings. The van der Waals surface area contributed by atoms with Crippen molar-refractivity contribution in [3.05, 3.63) is 21.9 Å². The van der Waals surface area contributed by atoms with Crippen LogP contribution in [-0.2, 0) is 11.3 Å². The van der Waals surface area contributed by atoms with E-state index in [0.717, 1.165) is 42.1 Å². The lowest BCUT2D eigenvalue weighted by atomic mass is 10.1. The zero-order valence-corrected chi connectivity index (χ0v) is 12.0. The maximum Gasteiger partial charge on any atom is 0.264 e. The van der Waals surface area contributed by atoms with Gasteiger partial charge in [0.2, 0.25) is 0 Å². The number of ether oxygens (including phenoxy) is 1. The molecule has 0 unspecified atom stereocenters. The minimum Gasteiger partial charge on any atom is -0.379 e. The summed E-state index contributed by atoms with van der Waals surface area (Å²) in [6, 6.07) is 4.76. The predicted molar refractivity (Wildman–Crippen MR) is 75.5 cm³/mol. The molecular weight excluding hydrogens is 260 g/mol. The van der Waals surface area contributed by atoms with Crippen LogP contribution in [0.15, 0.2) is 12.1 Å². The highest BCUT2D eigenvalue weighted by atomic mass is 32.1. The normalized spacial score (nSPS) is 26.5. The predicted octanol–water partition coefficient (Wildman–Crippen LogP) is 1.86. The molecule has 3 rings (SSSR count). The second kappa shape index (κ2) is 5.61. The Hall–Kier alpha value is -0.910. The molecule has 0 aromatic carbocycles. The summed E-state index contributed by atoms with van der Waals surface area (Å²) in [5.74, 6) is 0.212. The highest BCUT2D eigenvalue weighted by molar-refractivity contribution is 7.14. The summed E-state index contributed by atoms with van der Waals surface area (Å²) in [4.78, 5) is 16.8. The maximum atomic E-state index is 12.7. The lowest BCUT2D eigenvalue weighted by molar-refractivity contribution is 0.0685. The fourth-order valence-corrected chi connectivity index (χ4v) is 4.08. The van der Waals surface area contributed by atoms with E-state index in [1.54, 1.807) is 18.4 Å². The Morgan fingerprint density at radius 2 is 2.26 bits per heavy atom. The zero-order chi connectivity index (χ0) is 13.2. The van der Waals surface area contributed by atoms with Gasteiger partial charge in [-0.3, -0.25) is 4.79 Å². The average Bonchev–Trinajstić information content (AvgIpc) is 2.93. The molecule has 3 heterocycles. The molecule has 0 saturated carbocycles. The second-order valence-corrected chi connectivity index (χ2v) is 6.46. The zero-order valence-electron chi connectivity index (χ0n) is 11.2. The first-order valence-corrected chi connectivity index (χ1v) is 7.72. The van der Waals surface area contributed by atoms with E-state index in [0.29, 0.717) is 18.7 Å². The van der Waals surface area contributed by atoms with Gasteiger partial charge in [0.15, 0.2) is 0 Å². The van der Waals surface area contributed by atoms with Crippen LogP contribution in [0.4, 0.5) is 0 Å². The maximum absolute atomic E-state index is 12.7. The lowest BCUT2D eigenvalue weighted by Gasteiger charge is -2.27. The molecule has 0 aliphatic carbocycles. The molecule has 1 N–H and O–H groups in total. The smallest absolute Gasteiger partial charge is 0.264 e. The van der Waals surface area contributed by atoms with Gasteiger partial charge in [0, 0.05) is 30.6 Å². The van der Waals surface area contributed by atoms with Crippen molar-refractivity contribution in [3.8, 4) is 0 Å². The number of nitrogens with zero attached hydrogens (tertiary/aromatic N) is 1. The Bertz CT molecular complexity index is 446. The molecule has 0 radical (unpaired) electrons. The third-order valence-corrected chi connectivity index (χ3v) is 5.09. The molecule has 19 heavy (non-hydrogen) atoms. The molecule has 2 fully saturated rings. The number of hydrogen-bond acceptors (Lipinski definition) is 4. The van der Waals surface area contributed by atoms with Crippen molar-refractivity contribution >= 4 is 17.2 Å². The van der Waals surface area contributed by atoms with Crippen LogP contribution in [0.5, 0.6) is 0 Å². The van der Waals surface area contributed by atoms with Crippen molar-refractivity contribution in [2.24, 2.45) is 0 Å². The molecule has 1 amide bonds. The first-order valence-electron chi connectivity index (χ1n) is 6.90. The number of nitrogens with one attached hydrogen (secondary N) is 1. The van der Waals surface area contributed by atoms with Crippen LogP contribution in [0, 0.1) is 0 Å². The van der Waals surface area contributed by atoms with Gasteiger partial charge in [-0.15, -0.1) is 11.3 Å². The number of methoxy groups -OCH3 is 1. The molecule has 2 bridgehead atoms. The first kappa shape index (κ1) is 13.1. The van der Waals surface area contributed by atoms with Gasteiger partial charge in [0.05, 0.1) is 11.5 Å². The van der Waals surface area contributed by atoms with Crippen molar-refractivity contribution in [1.29, 1.82) is 0 Å². The van der Waals surface area contributed by atoms with Crippen LogP contribution in [0.1, 0.15) is 33.8 Å². The molecule has 2 atom stereocenters. The highest BCUT2D eigenvalue weighted by Crippen LogP contribution is 2.31. The van der Waals surface area contributed by atoms with E-state index in [9.17, 15) is 4.79 Å².